The molecule has 0 aliphatic carbocycles. The van der Waals surface area contributed by atoms with Crippen LogP contribution in [0.25, 0.3) is 0 Å². The Morgan fingerprint density at radius 1 is 1.00 bits per heavy atom. The van der Waals surface area contributed by atoms with E-state index >= 15 is 0 Å². The summed E-state index contributed by atoms with van der Waals surface area (Å²) in [5.41, 5.74) is 0.207. The third-order valence-corrected chi connectivity index (χ3v) is 7.03. The van der Waals surface area contributed by atoms with Crippen LogP contribution in [0.2, 0.25) is 0 Å². The lowest BCUT2D eigenvalue weighted by Crippen LogP contribution is -2.36. The molecule has 0 radical (unpaired) electrons. The SMILES string of the molecule is CC(C)(C)NCCCCCCOP(O)(=S)C(C)(C)C. The zero-order chi connectivity index (χ0) is 15.2. The van der Waals surface area contributed by atoms with Gasteiger partial charge in [0.1, 0.15) is 0 Å². The van der Waals surface area contributed by atoms with E-state index in [1.54, 1.807) is 0 Å². The first-order valence-corrected chi connectivity index (χ1v) is 9.85. The van der Waals surface area contributed by atoms with Crippen LogP contribution in [0.15, 0.2) is 0 Å². The van der Waals surface area contributed by atoms with E-state index in [1.165, 1.54) is 12.8 Å². The molecule has 2 N–H and O–H groups in total. The second-order valence-electron chi connectivity index (χ2n) is 7.12. The third kappa shape index (κ3) is 9.97. The fraction of sp³-hybridized carbons (Fsp3) is 1.00. The summed E-state index contributed by atoms with van der Waals surface area (Å²) in [6.45, 7) is 11.4. The summed E-state index contributed by atoms with van der Waals surface area (Å²) in [6, 6.07) is 0. The predicted molar refractivity (Wildman–Crippen MR) is 88.4 cm³/mol. The summed E-state index contributed by atoms with van der Waals surface area (Å²) >= 11 is 5.18. The lowest BCUT2D eigenvalue weighted by atomic mass is 10.1. The predicted octanol–water partition coefficient (Wildman–Crippen LogP) is 4.05. The highest BCUT2D eigenvalue weighted by Crippen LogP contribution is 2.55. The van der Waals surface area contributed by atoms with Crippen LogP contribution in [0, 0.1) is 0 Å². The van der Waals surface area contributed by atoms with E-state index in [4.69, 9.17) is 16.3 Å². The molecule has 0 fully saturated rings. The Labute approximate surface area is 124 Å². The first kappa shape index (κ1) is 19.5. The molecule has 0 aromatic carbocycles. The lowest BCUT2D eigenvalue weighted by molar-refractivity contribution is 0.282. The first-order valence-electron chi connectivity index (χ1n) is 7.18. The van der Waals surface area contributed by atoms with Crippen molar-refractivity contribution in [3.8, 4) is 0 Å². The summed E-state index contributed by atoms with van der Waals surface area (Å²) < 4.78 is 5.52. The molecule has 0 amide bonds. The minimum absolute atomic E-state index is 0.207. The minimum Gasteiger partial charge on any atom is -0.345 e. The van der Waals surface area contributed by atoms with Gasteiger partial charge < -0.3 is 14.7 Å². The maximum absolute atomic E-state index is 10.1. The molecule has 0 saturated carbocycles. The molecule has 1 unspecified atom stereocenters. The van der Waals surface area contributed by atoms with E-state index < -0.39 is 6.49 Å². The maximum atomic E-state index is 10.1. The maximum Gasteiger partial charge on any atom is 0.191 e. The Kier molecular flexibility index (Phi) is 8.32. The van der Waals surface area contributed by atoms with Crippen LogP contribution < -0.4 is 5.32 Å². The van der Waals surface area contributed by atoms with E-state index in [1.807, 2.05) is 20.8 Å². The Morgan fingerprint density at radius 2 is 1.53 bits per heavy atom. The average Bonchev–Trinajstić information content (AvgIpc) is 2.18. The van der Waals surface area contributed by atoms with Crippen LogP contribution in [-0.2, 0) is 16.3 Å². The van der Waals surface area contributed by atoms with Crippen LogP contribution >= 0.6 is 6.49 Å². The zero-order valence-corrected chi connectivity index (χ0v) is 15.2. The van der Waals surface area contributed by atoms with Gasteiger partial charge in [0.2, 0.25) is 0 Å². The molecule has 3 nitrogen and oxygen atoms in total. The van der Waals surface area contributed by atoms with Crippen molar-refractivity contribution in [3.63, 3.8) is 0 Å². The van der Waals surface area contributed by atoms with Gasteiger partial charge in [-0.25, -0.2) is 0 Å². The van der Waals surface area contributed by atoms with Crippen LogP contribution in [0.4, 0.5) is 0 Å². The quantitative estimate of drug-likeness (QED) is 0.524. The van der Waals surface area contributed by atoms with Crippen LogP contribution in [-0.4, -0.2) is 28.7 Å². The molecule has 5 heteroatoms. The average molecular weight is 309 g/mol. The minimum atomic E-state index is -2.64. The highest BCUT2D eigenvalue weighted by molar-refractivity contribution is 8.10. The summed E-state index contributed by atoms with van der Waals surface area (Å²) in [5, 5.41) is 3.15. The molecule has 0 bridgehead atoms. The largest absolute Gasteiger partial charge is 0.345 e. The first-order chi connectivity index (χ1) is 8.46. The number of nitrogens with one attached hydrogen (secondary N) is 1. The fourth-order valence-electron chi connectivity index (χ4n) is 1.43. The van der Waals surface area contributed by atoms with Crippen LogP contribution in [0.5, 0.6) is 0 Å². The van der Waals surface area contributed by atoms with Gasteiger partial charge in [-0.15, -0.1) is 0 Å². The van der Waals surface area contributed by atoms with Gasteiger partial charge in [-0.05, 0) is 52.0 Å². The molecule has 0 saturated heterocycles. The van der Waals surface area contributed by atoms with Gasteiger partial charge in [-0.3, -0.25) is 0 Å². The van der Waals surface area contributed by atoms with Gasteiger partial charge in [0.15, 0.2) is 6.49 Å². The van der Waals surface area contributed by atoms with Gasteiger partial charge >= 0.3 is 0 Å². The number of hydrogen-bond donors (Lipinski definition) is 2. The van der Waals surface area contributed by atoms with E-state index in [2.05, 4.69) is 26.1 Å². The number of rotatable bonds is 8. The van der Waals surface area contributed by atoms with Crippen LogP contribution in [0.3, 0.4) is 0 Å². The van der Waals surface area contributed by atoms with Crippen molar-refractivity contribution in [2.24, 2.45) is 0 Å². The monoisotopic (exact) mass is 309 g/mol. The molecular weight excluding hydrogens is 277 g/mol. The smallest absolute Gasteiger partial charge is 0.191 e. The van der Waals surface area contributed by atoms with Crippen molar-refractivity contribution >= 4 is 18.3 Å². The number of hydrogen-bond acceptors (Lipinski definition) is 3. The molecule has 0 rings (SSSR count). The van der Waals surface area contributed by atoms with Crippen molar-refractivity contribution in [1.82, 2.24) is 5.32 Å². The van der Waals surface area contributed by atoms with Gasteiger partial charge in [0.05, 0.1) is 6.61 Å². The van der Waals surface area contributed by atoms with Gasteiger partial charge in [-0.2, -0.15) is 0 Å². The van der Waals surface area contributed by atoms with Gasteiger partial charge in [-0.1, -0.05) is 33.6 Å². The zero-order valence-electron chi connectivity index (χ0n) is 13.5. The second-order valence-corrected chi connectivity index (χ2v) is 11.2. The van der Waals surface area contributed by atoms with Crippen molar-refractivity contribution in [2.45, 2.75) is 77.9 Å². The Hall–Kier alpha value is 0.530. The van der Waals surface area contributed by atoms with E-state index in [9.17, 15) is 4.89 Å². The molecule has 0 aromatic rings. The normalized spacial score (nSPS) is 16.4. The van der Waals surface area contributed by atoms with Gasteiger partial charge in [0, 0.05) is 10.7 Å². The topological polar surface area (TPSA) is 41.5 Å². The van der Waals surface area contributed by atoms with E-state index in [0.717, 1.165) is 19.4 Å². The molecular formula is C14H32NO2PS. The standard InChI is InChI=1S/C14H32NO2PS/c1-13(2,3)15-11-9-7-8-10-12-17-18(16,19)14(4,5)6/h15H,7-12H2,1-6H3,(H,16,19). The second kappa shape index (κ2) is 8.09. The molecule has 0 aromatic heterocycles. The molecule has 0 aliphatic rings. The third-order valence-electron chi connectivity index (χ3n) is 2.84. The molecule has 0 aliphatic heterocycles. The van der Waals surface area contributed by atoms with Crippen LogP contribution in [0.1, 0.15) is 67.2 Å². The molecule has 0 heterocycles. The molecule has 1 atom stereocenters. The van der Waals surface area contributed by atoms with E-state index in [0.29, 0.717) is 6.61 Å². The Bertz CT molecular complexity index is 295. The summed E-state index contributed by atoms with van der Waals surface area (Å²) in [5.74, 6) is 0. The molecule has 116 valence electrons. The highest BCUT2D eigenvalue weighted by Gasteiger charge is 2.30. The van der Waals surface area contributed by atoms with Crippen molar-refractivity contribution in [1.29, 1.82) is 0 Å². The Balaban J connectivity index is 3.55. The van der Waals surface area contributed by atoms with Crippen molar-refractivity contribution < 1.29 is 9.42 Å². The van der Waals surface area contributed by atoms with Gasteiger partial charge in [0.25, 0.3) is 0 Å². The number of unbranched alkanes of at least 4 members (excludes halogenated alkanes) is 3. The van der Waals surface area contributed by atoms with Crippen molar-refractivity contribution in [3.05, 3.63) is 0 Å². The van der Waals surface area contributed by atoms with E-state index in [-0.39, 0.29) is 10.7 Å². The highest BCUT2D eigenvalue weighted by atomic mass is 32.5. The summed E-state index contributed by atoms with van der Waals surface area (Å²) in [7, 11) is 0. The lowest BCUT2D eigenvalue weighted by Gasteiger charge is -2.29. The summed E-state index contributed by atoms with van der Waals surface area (Å²) in [4.78, 5) is 10.1. The molecule has 0 spiro atoms. The van der Waals surface area contributed by atoms with Crippen molar-refractivity contribution in [2.75, 3.05) is 13.2 Å². The molecule has 19 heavy (non-hydrogen) atoms. The fourth-order valence-corrected chi connectivity index (χ4v) is 2.41. The Morgan fingerprint density at radius 3 is 2.00 bits per heavy atom. The summed E-state index contributed by atoms with van der Waals surface area (Å²) in [6.07, 6.45) is 4.48.